The first-order valence-corrected chi connectivity index (χ1v) is 10.9. The number of oxime groups is 1. The molecule has 14 nitrogen and oxygen atoms in total. The van der Waals surface area contributed by atoms with Crippen LogP contribution in [0, 0.1) is 5.92 Å². The van der Waals surface area contributed by atoms with Gasteiger partial charge >= 0.3 is 35.8 Å². The highest BCUT2D eigenvalue weighted by atomic mass is 79.9. The Bertz CT molecular complexity index is 873. The van der Waals surface area contributed by atoms with Gasteiger partial charge in [0.25, 0.3) is 0 Å². The zero-order chi connectivity index (χ0) is 26.9. The molecule has 1 heterocycles. The molecule has 0 N–H and O–H groups in total. The first-order chi connectivity index (χ1) is 16.3. The van der Waals surface area contributed by atoms with Gasteiger partial charge in [0, 0.05) is 34.6 Å². The van der Waals surface area contributed by atoms with Crippen molar-refractivity contribution in [3.63, 3.8) is 0 Å². The Morgan fingerprint density at radius 2 is 1.34 bits per heavy atom. The minimum absolute atomic E-state index is 0.0260. The molecule has 0 bridgehead atoms. The van der Waals surface area contributed by atoms with E-state index in [9.17, 15) is 28.8 Å². The summed E-state index contributed by atoms with van der Waals surface area (Å²) in [7, 11) is 1.08. The van der Waals surface area contributed by atoms with E-state index in [0.717, 1.165) is 41.7 Å². The summed E-state index contributed by atoms with van der Waals surface area (Å²) in [5, 5.41) is 3.67. The first kappa shape index (κ1) is 29.8. The van der Waals surface area contributed by atoms with Crippen molar-refractivity contribution in [2.24, 2.45) is 11.1 Å². The van der Waals surface area contributed by atoms with Crippen molar-refractivity contribution >= 4 is 56.4 Å². The number of methoxy groups -OCH3 is 1. The average Bonchev–Trinajstić information content (AvgIpc) is 3.11. The molecule has 1 aliphatic heterocycles. The summed E-state index contributed by atoms with van der Waals surface area (Å²) >= 11 is 3.12. The SMILES string of the molecule is COC(=O)[C@H]1ON=C(Br)[C@@H]1[C@H](OC(C)=O)[C@@H](OC(C)=O)[C@@H](OC(C)=O)[C@@H](COC(C)=O)OC(C)=O. The molecule has 1 aliphatic rings. The van der Waals surface area contributed by atoms with Gasteiger partial charge in [-0.05, 0) is 15.9 Å². The summed E-state index contributed by atoms with van der Waals surface area (Å²) in [6.45, 7) is 4.58. The van der Waals surface area contributed by atoms with E-state index in [0.29, 0.717) is 0 Å². The predicted octanol–water partition coefficient (Wildman–Crippen LogP) is 0.173. The van der Waals surface area contributed by atoms with E-state index in [4.69, 9.17) is 33.3 Å². The number of ether oxygens (including phenoxy) is 6. The molecule has 0 aliphatic carbocycles. The predicted molar refractivity (Wildman–Crippen MR) is 116 cm³/mol. The van der Waals surface area contributed by atoms with Gasteiger partial charge < -0.3 is 33.3 Å². The van der Waals surface area contributed by atoms with Crippen LogP contribution in [0.25, 0.3) is 0 Å². The number of hydrogen-bond acceptors (Lipinski definition) is 14. The standard InChI is InChI=1S/C20H26BrNO13/c1-8(23)30-7-13(31-9(2)24)15(32-10(3)25)18(34-12(5)27)16(33-11(4)26)14-17(20(28)29-6)35-22-19(14)21/h13-18H,7H2,1-6H3/t13-,14-,15+,16+,17+,18+/m1/s1. The lowest BCUT2D eigenvalue weighted by Gasteiger charge is -2.37. The summed E-state index contributed by atoms with van der Waals surface area (Å²) in [6, 6.07) is 0. The fourth-order valence-electron chi connectivity index (χ4n) is 3.18. The first-order valence-electron chi connectivity index (χ1n) is 10.1. The Labute approximate surface area is 208 Å². The Hall–Kier alpha value is -3.23. The van der Waals surface area contributed by atoms with E-state index >= 15 is 0 Å². The van der Waals surface area contributed by atoms with Gasteiger partial charge in [-0.2, -0.15) is 0 Å². The minimum atomic E-state index is -1.71. The largest absolute Gasteiger partial charge is 0.466 e. The highest BCUT2D eigenvalue weighted by Gasteiger charge is 2.54. The summed E-state index contributed by atoms with van der Waals surface area (Å²) in [4.78, 5) is 76.6. The number of halogens is 1. The third kappa shape index (κ3) is 9.15. The lowest BCUT2D eigenvalue weighted by molar-refractivity contribution is -0.207. The summed E-state index contributed by atoms with van der Waals surface area (Å²) < 4.78 is 30.8. The number of hydrogen-bond donors (Lipinski definition) is 0. The average molecular weight is 568 g/mol. The Morgan fingerprint density at radius 3 is 1.80 bits per heavy atom. The fourth-order valence-corrected chi connectivity index (χ4v) is 3.76. The normalized spacial score (nSPS) is 20.0. The summed E-state index contributed by atoms with van der Waals surface area (Å²) in [5.74, 6) is -6.48. The van der Waals surface area contributed by atoms with Crippen molar-refractivity contribution in [3.05, 3.63) is 0 Å². The molecular weight excluding hydrogens is 542 g/mol. The molecule has 1 rings (SSSR count). The summed E-state index contributed by atoms with van der Waals surface area (Å²) in [5.41, 5.74) is 0. The van der Waals surface area contributed by atoms with Gasteiger partial charge in [-0.3, -0.25) is 24.0 Å². The van der Waals surface area contributed by atoms with Crippen LogP contribution in [0.2, 0.25) is 0 Å². The highest BCUT2D eigenvalue weighted by molar-refractivity contribution is 9.18. The van der Waals surface area contributed by atoms with Gasteiger partial charge in [-0.15, -0.1) is 0 Å². The van der Waals surface area contributed by atoms with Gasteiger partial charge in [-0.25, -0.2) is 4.79 Å². The maximum Gasteiger partial charge on any atom is 0.350 e. The van der Waals surface area contributed by atoms with Crippen LogP contribution < -0.4 is 0 Å². The minimum Gasteiger partial charge on any atom is -0.466 e. The quantitative estimate of drug-likeness (QED) is 0.243. The van der Waals surface area contributed by atoms with Crippen LogP contribution in [0.3, 0.4) is 0 Å². The van der Waals surface area contributed by atoms with Gasteiger partial charge in [0.2, 0.25) is 6.10 Å². The molecule has 0 aromatic heterocycles. The highest BCUT2D eigenvalue weighted by Crippen LogP contribution is 2.33. The second-order valence-electron chi connectivity index (χ2n) is 7.16. The van der Waals surface area contributed by atoms with Crippen LogP contribution in [0.1, 0.15) is 34.6 Å². The molecule has 0 fully saturated rings. The molecule has 6 atom stereocenters. The van der Waals surface area contributed by atoms with E-state index in [1.807, 2.05) is 0 Å². The van der Waals surface area contributed by atoms with Crippen molar-refractivity contribution in [1.82, 2.24) is 0 Å². The van der Waals surface area contributed by atoms with Crippen LogP contribution in [0.5, 0.6) is 0 Å². The number of rotatable bonds is 11. The molecule has 0 spiro atoms. The number of carbonyl (C=O) groups is 6. The number of carbonyl (C=O) groups excluding carboxylic acids is 6. The molecule has 35 heavy (non-hydrogen) atoms. The molecule has 0 amide bonds. The van der Waals surface area contributed by atoms with Crippen LogP contribution in [-0.2, 0) is 62.0 Å². The van der Waals surface area contributed by atoms with Gasteiger partial charge in [0.05, 0.1) is 7.11 Å². The number of nitrogens with zero attached hydrogens (tertiary/aromatic N) is 1. The molecule has 0 saturated heterocycles. The van der Waals surface area contributed by atoms with Gasteiger partial charge in [-0.1, -0.05) is 5.16 Å². The zero-order valence-electron chi connectivity index (χ0n) is 19.8. The summed E-state index contributed by atoms with van der Waals surface area (Å²) in [6.07, 6.45) is -7.96. The molecule has 0 saturated carbocycles. The van der Waals surface area contributed by atoms with Crippen LogP contribution in [-0.4, -0.2) is 84.7 Å². The Morgan fingerprint density at radius 1 is 0.829 bits per heavy atom. The second-order valence-corrected chi connectivity index (χ2v) is 7.97. The van der Waals surface area contributed by atoms with E-state index in [1.165, 1.54) is 0 Å². The van der Waals surface area contributed by atoms with E-state index in [2.05, 4.69) is 21.1 Å². The maximum atomic E-state index is 12.3. The molecule has 0 aromatic rings. The molecule has 0 radical (unpaired) electrons. The molecule has 0 aromatic carbocycles. The van der Waals surface area contributed by atoms with Gasteiger partial charge in [0.1, 0.15) is 17.1 Å². The van der Waals surface area contributed by atoms with E-state index in [1.54, 1.807) is 0 Å². The van der Waals surface area contributed by atoms with Crippen molar-refractivity contribution in [3.8, 4) is 0 Å². The zero-order valence-corrected chi connectivity index (χ0v) is 21.4. The fraction of sp³-hybridized carbons (Fsp3) is 0.650. The number of esters is 6. The third-order valence-electron chi connectivity index (χ3n) is 4.33. The van der Waals surface area contributed by atoms with Crippen molar-refractivity contribution in [2.75, 3.05) is 13.7 Å². The molecule has 0 unspecified atom stereocenters. The monoisotopic (exact) mass is 567 g/mol. The van der Waals surface area contributed by atoms with E-state index in [-0.39, 0.29) is 4.62 Å². The second kappa shape index (κ2) is 13.6. The Balaban J connectivity index is 3.68. The van der Waals surface area contributed by atoms with Crippen molar-refractivity contribution in [1.29, 1.82) is 0 Å². The van der Waals surface area contributed by atoms with Crippen LogP contribution in [0.4, 0.5) is 0 Å². The van der Waals surface area contributed by atoms with Gasteiger partial charge in [0.15, 0.2) is 24.4 Å². The maximum absolute atomic E-state index is 12.3. The molecule has 196 valence electrons. The van der Waals surface area contributed by atoms with E-state index < -0.39 is 78.9 Å². The van der Waals surface area contributed by atoms with Crippen molar-refractivity contribution < 1.29 is 62.0 Å². The Kier molecular flexibility index (Phi) is 11.6. The smallest absolute Gasteiger partial charge is 0.350 e. The topological polar surface area (TPSA) is 179 Å². The molecular formula is C20H26BrNO13. The lowest BCUT2D eigenvalue weighted by atomic mass is 9.89. The van der Waals surface area contributed by atoms with Crippen molar-refractivity contribution in [2.45, 2.75) is 65.1 Å². The molecule has 15 heteroatoms. The lowest BCUT2D eigenvalue weighted by Crippen LogP contribution is -2.57. The third-order valence-corrected chi connectivity index (χ3v) is 5.00. The van der Waals surface area contributed by atoms with Crippen LogP contribution >= 0.6 is 15.9 Å². The van der Waals surface area contributed by atoms with Crippen LogP contribution in [0.15, 0.2) is 5.16 Å².